The van der Waals surface area contributed by atoms with E-state index in [0.29, 0.717) is 17.4 Å². The molecular weight excluding hydrogens is 326 g/mol. The van der Waals surface area contributed by atoms with Crippen LogP contribution < -0.4 is 5.32 Å². The molecule has 3 rings (SSSR count). The molecule has 0 bridgehead atoms. The van der Waals surface area contributed by atoms with Crippen LogP contribution >= 0.6 is 11.6 Å². The van der Waals surface area contributed by atoms with Gasteiger partial charge in [0.1, 0.15) is 6.54 Å². The molecule has 6 nitrogen and oxygen atoms in total. The van der Waals surface area contributed by atoms with Crippen LogP contribution in [0.2, 0.25) is 5.02 Å². The lowest BCUT2D eigenvalue weighted by molar-refractivity contribution is -0.122. The van der Waals surface area contributed by atoms with Gasteiger partial charge in [0.15, 0.2) is 0 Å². The largest absolute Gasteiger partial charge is 0.354 e. The third-order valence-corrected chi connectivity index (χ3v) is 3.67. The first-order valence-electron chi connectivity index (χ1n) is 7.55. The van der Waals surface area contributed by atoms with E-state index in [1.54, 1.807) is 12.1 Å². The van der Waals surface area contributed by atoms with Gasteiger partial charge in [0.05, 0.1) is 0 Å². The zero-order valence-electron chi connectivity index (χ0n) is 12.9. The van der Waals surface area contributed by atoms with Crippen LogP contribution in [0.15, 0.2) is 54.6 Å². The summed E-state index contributed by atoms with van der Waals surface area (Å²) in [4.78, 5) is 13.2. The molecule has 7 heteroatoms. The van der Waals surface area contributed by atoms with Crippen molar-refractivity contribution >= 4 is 17.5 Å². The summed E-state index contributed by atoms with van der Waals surface area (Å²) in [6.07, 6.45) is 0.785. The third-order valence-electron chi connectivity index (χ3n) is 3.42. The molecule has 0 radical (unpaired) electrons. The molecule has 1 N–H and O–H groups in total. The molecule has 0 atom stereocenters. The van der Waals surface area contributed by atoms with E-state index in [1.165, 1.54) is 10.4 Å². The first-order chi connectivity index (χ1) is 11.7. The van der Waals surface area contributed by atoms with Gasteiger partial charge in [0, 0.05) is 17.1 Å². The number of aromatic nitrogens is 4. The Morgan fingerprint density at radius 2 is 1.83 bits per heavy atom. The average molecular weight is 342 g/mol. The molecule has 1 heterocycles. The number of rotatable bonds is 6. The Labute approximate surface area is 144 Å². The quantitative estimate of drug-likeness (QED) is 0.747. The summed E-state index contributed by atoms with van der Waals surface area (Å²) in [7, 11) is 0. The number of hydrogen-bond donors (Lipinski definition) is 1. The molecular formula is C17H16ClN5O. The van der Waals surface area contributed by atoms with Crippen LogP contribution in [0.5, 0.6) is 0 Å². The van der Waals surface area contributed by atoms with E-state index in [9.17, 15) is 4.79 Å². The topological polar surface area (TPSA) is 72.7 Å². The molecule has 0 aliphatic carbocycles. The monoisotopic (exact) mass is 341 g/mol. The van der Waals surface area contributed by atoms with Gasteiger partial charge in [-0.25, -0.2) is 0 Å². The zero-order valence-corrected chi connectivity index (χ0v) is 13.6. The average Bonchev–Trinajstić information content (AvgIpc) is 3.05. The van der Waals surface area contributed by atoms with Crippen molar-refractivity contribution in [1.29, 1.82) is 0 Å². The third kappa shape index (κ3) is 4.39. The first-order valence-corrected chi connectivity index (χ1v) is 7.93. The highest BCUT2D eigenvalue weighted by Gasteiger charge is 2.09. The summed E-state index contributed by atoms with van der Waals surface area (Å²) >= 11 is 5.85. The minimum atomic E-state index is -0.147. The predicted octanol–water partition coefficient (Wildman–Crippen LogP) is 2.35. The zero-order chi connectivity index (χ0) is 16.8. The maximum atomic E-state index is 11.9. The second-order valence-corrected chi connectivity index (χ2v) is 5.67. The minimum absolute atomic E-state index is 0.0371. The number of tetrazole rings is 1. The van der Waals surface area contributed by atoms with Crippen molar-refractivity contribution in [2.24, 2.45) is 0 Å². The van der Waals surface area contributed by atoms with E-state index in [2.05, 4.69) is 20.7 Å². The first kappa shape index (κ1) is 16.1. The lowest BCUT2D eigenvalue weighted by Crippen LogP contribution is -2.30. The highest BCUT2D eigenvalue weighted by atomic mass is 35.5. The fourth-order valence-electron chi connectivity index (χ4n) is 2.20. The van der Waals surface area contributed by atoms with Gasteiger partial charge in [-0.15, -0.1) is 10.2 Å². The number of halogens is 1. The van der Waals surface area contributed by atoms with Crippen LogP contribution in [0, 0.1) is 0 Å². The Morgan fingerprint density at radius 1 is 1.08 bits per heavy atom. The molecule has 1 aromatic heterocycles. The summed E-state index contributed by atoms with van der Waals surface area (Å²) in [5.41, 5.74) is 1.98. The molecule has 0 aliphatic rings. The minimum Gasteiger partial charge on any atom is -0.354 e. The lowest BCUT2D eigenvalue weighted by atomic mass is 10.1. The molecule has 0 aliphatic heterocycles. The maximum Gasteiger partial charge on any atom is 0.243 e. The number of benzene rings is 2. The highest BCUT2D eigenvalue weighted by molar-refractivity contribution is 6.30. The highest BCUT2D eigenvalue weighted by Crippen LogP contribution is 2.16. The van der Waals surface area contributed by atoms with Gasteiger partial charge < -0.3 is 5.32 Å². The van der Waals surface area contributed by atoms with Crippen LogP contribution in [0.3, 0.4) is 0 Å². The van der Waals surface area contributed by atoms with Crippen LogP contribution in [0.25, 0.3) is 11.4 Å². The van der Waals surface area contributed by atoms with Crippen LogP contribution in [-0.4, -0.2) is 32.7 Å². The number of carbonyl (C=O) groups excluding carboxylic acids is 1. The molecule has 3 aromatic rings. The molecule has 122 valence electrons. The van der Waals surface area contributed by atoms with Gasteiger partial charge in [0.2, 0.25) is 11.7 Å². The summed E-state index contributed by atoms with van der Waals surface area (Å²) in [6.45, 7) is 0.608. The van der Waals surface area contributed by atoms with Crippen LogP contribution in [0.1, 0.15) is 5.56 Å². The molecule has 0 fully saturated rings. The molecule has 1 amide bonds. The standard InChI is InChI=1S/C17H16ClN5O/c18-15-8-6-14(7-9-15)17-20-22-23(21-17)12-16(24)19-11-10-13-4-2-1-3-5-13/h1-9H,10-12H2,(H,19,24). The van der Waals surface area contributed by atoms with Gasteiger partial charge in [0.25, 0.3) is 0 Å². The van der Waals surface area contributed by atoms with E-state index in [1.807, 2.05) is 42.5 Å². The summed E-state index contributed by atoms with van der Waals surface area (Å²) in [6, 6.07) is 17.1. The smallest absolute Gasteiger partial charge is 0.243 e. The van der Waals surface area contributed by atoms with E-state index in [0.717, 1.165) is 12.0 Å². The van der Waals surface area contributed by atoms with E-state index in [-0.39, 0.29) is 12.5 Å². The van der Waals surface area contributed by atoms with Gasteiger partial charge in [-0.2, -0.15) is 4.80 Å². The van der Waals surface area contributed by atoms with E-state index >= 15 is 0 Å². The van der Waals surface area contributed by atoms with Crippen molar-refractivity contribution in [1.82, 2.24) is 25.5 Å². The Balaban J connectivity index is 1.51. The van der Waals surface area contributed by atoms with Crippen molar-refractivity contribution < 1.29 is 4.79 Å². The van der Waals surface area contributed by atoms with E-state index < -0.39 is 0 Å². The number of amides is 1. The SMILES string of the molecule is O=C(Cn1nnc(-c2ccc(Cl)cc2)n1)NCCc1ccccc1. The number of carbonyl (C=O) groups is 1. The predicted molar refractivity (Wildman–Crippen MR) is 91.4 cm³/mol. The van der Waals surface area contributed by atoms with Crippen LogP contribution in [0.4, 0.5) is 0 Å². The molecule has 0 spiro atoms. The van der Waals surface area contributed by atoms with Crippen molar-refractivity contribution in [2.45, 2.75) is 13.0 Å². The lowest BCUT2D eigenvalue weighted by Gasteiger charge is -2.04. The molecule has 24 heavy (non-hydrogen) atoms. The van der Waals surface area contributed by atoms with Crippen molar-refractivity contribution in [3.63, 3.8) is 0 Å². The van der Waals surface area contributed by atoms with Gasteiger partial charge in [-0.1, -0.05) is 41.9 Å². The summed E-state index contributed by atoms with van der Waals surface area (Å²) < 4.78 is 0. The Morgan fingerprint density at radius 3 is 2.58 bits per heavy atom. The normalized spacial score (nSPS) is 10.5. The second kappa shape index (κ2) is 7.70. The molecule has 0 saturated carbocycles. The molecule has 2 aromatic carbocycles. The Hall–Kier alpha value is -2.73. The number of nitrogens with zero attached hydrogens (tertiary/aromatic N) is 4. The summed E-state index contributed by atoms with van der Waals surface area (Å²) in [5, 5.41) is 15.6. The van der Waals surface area contributed by atoms with Crippen molar-refractivity contribution in [3.05, 3.63) is 65.2 Å². The second-order valence-electron chi connectivity index (χ2n) is 5.24. The maximum absolute atomic E-state index is 11.9. The fraction of sp³-hybridized carbons (Fsp3) is 0.176. The number of nitrogens with one attached hydrogen (secondary N) is 1. The summed E-state index contributed by atoms with van der Waals surface area (Å²) in [5.74, 6) is 0.315. The van der Waals surface area contributed by atoms with Gasteiger partial charge >= 0.3 is 0 Å². The van der Waals surface area contributed by atoms with Crippen molar-refractivity contribution in [3.8, 4) is 11.4 Å². The Bertz CT molecular complexity index is 801. The fourth-order valence-corrected chi connectivity index (χ4v) is 2.33. The number of hydrogen-bond acceptors (Lipinski definition) is 4. The van der Waals surface area contributed by atoms with Crippen LogP contribution in [-0.2, 0) is 17.8 Å². The van der Waals surface area contributed by atoms with Gasteiger partial charge in [-0.05, 0) is 41.5 Å². The molecule has 0 saturated heterocycles. The molecule has 0 unspecified atom stereocenters. The Kier molecular flexibility index (Phi) is 5.18. The van der Waals surface area contributed by atoms with Crippen molar-refractivity contribution in [2.75, 3.05) is 6.54 Å². The van der Waals surface area contributed by atoms with E-state index in [4.69, 9.17) is 11.6 Å². The van der Waals surface area contributed by atoms with Gasteiger partial charge in [-0.3, -0.25) is 4.79 Å².